The number of nitrogens with zero attached hydrogens (tertiary/aromatic N) is 3. The van der Waals surface area contributed by atoms with Crippen molar-refractivity contribution < 1.29 is 14.4 Å². The van der Waals surface area contributed by atoms with Crippen LogP contribution < -0.4 is 0 Å². The van der Waals surface area contributed by atoms with Gasteiger partial charge in [-0.3, -0.25) is 19.3 Å². The van der Waals surface area contributed by atoms with E-state index in [1.807, 2.05) is 24.9 Å². The quantitative estimate of drug-likeness (QED) is 0.773. The summed E-state index contributed by atoms with van der Waals surface area (Å²) in [5.41, 5.74) is 1.83. The number of benzene rings is 1. The maximum absolute atomic E-state index is 12.4. The number of carbonyl (C=O) groups excluding carboxylic acids is 3. The zero-order valence-electron chi connectivity index (χ0n) is 13.5. The lowest BCUT2D eigenvalue weighted by Gasteiger charge is -2.32. The van der Waals surface area contributed by atoms with Gasteiger partial charge in [0.1, 0.15) is 0 Å². The topological polar surface area (TPSA) is 60.9 Å². The Hall–Kier alpha value is -2.21. The fourth-order valence-electron chi connectivity index (χ4n) is 3.03. The molecule has 2 aliphatic heterocycles. The van der Waals surface area contributed by atoms with Gasteiger partial charge >= 0.3 is 0 Å². The van der Waals surface area contributed by atoms with Gasteiger partial charge in [-0.25, -0.2) is 0 Å². The second kappa shape index (κ2) is 6.12. The molecule has 0 spiro atoms. The highest BCUT2D eigenvalue weighted by molar-refractivity contribution is 6.21. The maximum atomic E-state index is 12.4. The summed E-state index contributed by atoms with van der Waals surface area (Å²) < 4.78 is 0. The first-order valence-corrected chi connectivity index (χ1v) is 7.90. The Labute approximate surface area is 135 Å². The van der Waals surface area contributed by atoms with Gasteiger partial charge in [-0.15, -0.1) is 0 Å². The number of piperazine rings is 1. The largest absolute Gasteiger partial charge is 0.340 e. The van der Waals surface area contributed by atoms with Gasteiger partial charge in [0, 0.05) is 39.1 Å². The van der Waals surface area contributed by atoms with Gasteiger partial charge in [0.05, 0.1) is 11.1 Å². The van der Waals surface area contributed by atoms with Gasteiger partial charge in [0.25, 0.3) is 11.8 Å². The van der Waals surface area contributed by atoms with Crippen LogP contribution in [-0.4, -0.2) is 72.2 Å². The van der Waals surface area contributed by atoms with Crippen molar-refractivity contribution in [2.45, 2.75) is 13.3 Å². The third kappa shape index (κ3) is 2.99. The first kappa shape index (κ1) is 15.7. The first-order chi connectivity index (χ1) is 11.0. The van der Waals surface area contributed by atoms with E-state index in [1.54, 1.807) is 12.1 Å². The molecule has 1 aromatic carbocycles. The summed E-state index contributed by atoms with van der Waals surface area (Å²) in [6.45, 7) is 5.16. The SMILES string of the molecule is Cc1ccc2c(c1)C(=O)N(CCC(=O)N1CCN(C)CC1)C2=O. The number of rotatable bonds is 3. The van der Waals surface area contributed by atoms with Crippen molar-refractivity contribution in [3.63, 3.8) is 0 Å². The Balaban J connectivity index is 1.62. The molecule has 122 valence electrons. The molecule has 2 aliphatic rings. The maximum Gasteiger partial charge on any atom is 0.261 e. The molecule has 3 amide bonds. The summed E-state index contributed by atoms with van der Waals surface area (Å²) in [5, 5.41) is 0. The first-order valence-electron chi connectivity index (χ1n) is 7.90. The smallest absolute Gasteiger partial charge is 0.261 e. The van der Waals surface area contributed by atoms with Gasteiger partial charge in [0.15, 0.2) is 0 Å². The molecule has 1 fully saturated rings. The van der Waals surface area contributed by atoms with Crippen LogP contribution in [0.15, 0.2) is 18.2 Å². The molecular formula is C17H21N3O3. The second-order valence-electron chi connectivity index (χ2n) is 6.25. The van der Waals surface area contributed by atoms with Gasteiger partial charge in [-0.1, -0.05) is 11.6 Å². The van der Waals surface area contributed by atoms with E-state index >= 15 is 0 Å². The van der Waals surface area contributed by atoms with E-state index in [0.717, 1.165) is 18.7 Å². The summed E-state index contributed by atoms with van der Waals surface area (Å²) in [7, 11) is 2.03. The van der Waals surface area contributed by atoms with Crippen LogP contribution in [0.1, 0.15) is 32.7 Å². The fourth-order valence-corrected chi connectivity index (χ4v) is 3.03. The van der Waals surface area contributed by atoms with Gasteiger partial charge < -0.3 is 9.80 Å². The van der Waals surface area contributed by atoms with Crippen LogP contribution in [-0.2, 0) is 4.79 Å². The summed E-state index contributed by atoms with van der Waals surface area (Å²) in [6, 6.07) is 5.24. The molecule has 1 aromatic rings. The molecule has 0 saturated carbocycles. The Morgan fingerprint density at radius 1 is 1.04 bits per heavy atom. The van der Waals surface area contributed by atoms with E-state index < -0.39 is 0 Å². The third-order valence-corrected chi connectivity index (χ3v) is 4.53. The third-order valence-electron chi connectivity index (χ3n) is 4.53. The number of hydrogen-bond acceptors (Lipinski definition) is 4. The van der Waals surface area contributed by atoms with E-state index in [1.165, 1.54) is 4.90 Å². The number of hydrogen-bond donors (Lipinski definition) is 0. The van der Waals surface area contributed by atoms with Gasteiger partial charge in [0.2, 0.25) is 5.91 Å². The molecular weight excluding hydrogens is 294 g/mol. The van der Waals surface area contributed by atoms with E-state index in [0.29, 0.717) is 24.2 Å². The number of amides is 3. The highest BCUT2D eigenvalue weighted by Gasteiger charge is 2.35. The average molecular weight is 315 g/mol. The Kier molecular flexibility index (Phi) is 4.17. The molecule has 6 heteroatoms. The van der Waals surface area contributed by atoms with Crippen molar-refractivity contribution in [2.75, 3.05) is 39.8 Å². The average Bonchev–Trinajstić information content (AvgIpc) is 2.77. The second-order valence-corrected chi connectivity index (χ2v) is 6.25. The molecule has 0 aliphatic carbocycles. The lowest BCUT2D eigenvalue weighted by molar-refractivity contribution is -0.132. The van der Waals surface area contributed by atoms with E-state index in [4.69, 9.17) is 0 Å². The summed E-state index contributed by atoms with van der Waals surface area (Å²) in [6.07, 6.45) is 0.189. The van der Waals surface area contributed by atoms with Crippen LogP contribution in [0, 0.1) is 6.92 Å². The lowest BCUT2D eigenvalue weighted by Crippen LogP contribution is -2.47. The lowest BCUT2D eigenvalue weighted by atomic mass is 10.1. The molecule has 0 unspecified atom stereocenters. The predicted molar refractivity (Wildman–Crippen MR) is 85.2 cm³/mol. The van der Waals surface area contributed by atoms with Crippen molar-refractivity contribution in [3.8, 4) is 0 Å². The molecule has 1 saturated heterocycles. The van der Waals surface area contributed by atoms with E-state index in [9.17, 15) is 14.4 Å². The Morgan fingerprint density at radius 2 is 1.70 bits per heavy atom. The van der Waals surface area contributed by atoms with Crippen LogP contribution in [0.25, 0.3) is 0 Å². The minimum atomic E-state index is -0.295. The highest BCUT2D eigenvalue weighted by atomic mass is 16.2. The number of likely N-dealkylation sites (N-methyl/N-ethyl adjacent to an activating group) is 1. The predicted octanol–water partition coefficient (Wildman–Crippen LogP) is 0.755. The van der Waals surface area contributed by atoms with Crippen molar-refractivity contribution in [2.24, 2.45) is 0 Å². The van der Waals surface area contributed by atoms with Crippen LogP contribution >= 0.6 is 0 Å². The normalized spacial score (nSPS) is 18.5. The molecule has 3 rings (SSSR count). The van der Waals surface area contributed by atoms with Crippen LogP contribution in [0.3, 0.4) is 0 Å². The van der Waals surface area contributed by atoms with Gasteiger partial charge in [-0.2, -0.15) is 0 Å². The van der Waals surface area contributed by atoms with Crippen LogP contribution in [0.5, 0.6) is 0 Å². The molecule has 6 nitrogen and oxygen atoms in total. The van der Waals surface area contributed by atoms with Crippen LogP contribution in [0.2, 0.25) is 0 Å². The molecule has 0 radical (unpaired) electrons. The van der Waals surface area contributed by atoms with Crippen molar-refractivity contribution in [1.82, 2.24) is 14.7 Å². The number of carbonyl (C=O) groups is 3. The van der Waals surface area contributed by atoms with Crippen molar-refractivity contribution >= 4 is 17.7 Å². The standard InChI is InChI=1S/C17H21N3O3/c1-12-3-4-13-14(11-12)17(23)20(16(13)22)6-5-15(21)19-9-7-18(2)8-10-19/h3-4,11H,5-10H2,1-2H3. The minimum Gasteiger partial charge on any atom is -0.340 e. The zero-order valence-corrected chi connectivity index (χ0v) is 13.5. The van der Waals surface area contributed by atoms with E-state index in [2.05, 4.69) is 4.90 Å². The Bertz CT molecular complexity index is 663. The highest BCUT2D eigenvalue weighted by Crippen LogP contribution is 2.24. The van der Waals surface area contributed by atoms with Crippen molar-refractivity contribution in [3.05, 3.63) is 34.9 Å². The van der Waals surface area contributed by atoms with Crippen molar-refractivity contribution in [1.29, 1.82) is 0 Å². The summed E-state index contributed by atoms with van der Waals surface area (Å²) >= 11 is 0. The van der Waals surface area contributed by atoms with E-state index in [-0.39, 0.29) is 30.7 Å². The Morgan fingerprint density at radius 3 is 2.39 bits per heavy atom. The zero-order chi connectivity index (χ0) is 16.6. The molecule has 0 aromatic heterocycles. The number of imide groups is 1. The molecule has 0 atom stereocenters. The molecule has 23 heavy (non-hydrogen) atoms. The molecule has 0 bridgehead atoms. The van der Waals surface area contributed by atoms with Crippen LogP contribution in [0.4, 0.5) is 0 Å². The summed E-state index contributed by atoms with van der Waals surface area (Å²) in [5.74, 6) is -0.582. The molecule has 2 heterocycles. The summed E-state index contributed by atoms with van der Waals surface area (Å²) in [4.78, 5) is 42.1. The molecule has 0 N–H and O–H groups in total. The minimum absolute atomic E-state index is 0.00540. The van der Waals surface area contributed by atoms with Gasteiger partial charge in [-0.05, 0) is 26.1 Å². The fraction of sp³-hybridized carbons (Fsp3) is 0.471. The number of aryl methyl sites for hydroxylation is 1. The monoisotopic (exact) mass is 315 g/mol. The number of fused-ring (bicyclic) bond motifs is 1.